The van der Waals surface area contributed by atoms with Gasteiger partial charge in [-0.3, -0.25) is 0 Å². The maximum atomic E-state index is 6.15. The Morgan fingerprint density at radius 1 is 1.35 bits per heavy atom. The van der Waals surface area contributed by atoms with Crippen LogP contribution in [0.25, 0.3) is 11.1 Å². The average molecular weight is 232 g/mol. The van der Waals surface area contributed by atoms with Crippen LogP contribution in [0.15, 0.2) is 22.6 Å². The molecule has 0 amide bonds. The molecule has 0 aliphatic rings. The standard InChI is InChI=1S/C14H20N2O/c1-5-9-6-7-11-10(8-9)16-13(17-11)12(15)14(2,3)4/h6-8,12H,5,15H2,1-4H3. The summed E-state index contributed by atoms with van der Waals surface area (Å²) >= 11 is 0. The first-order chi connectivity index (χ1) is 7.91. The van der Waals surface area contributed by atoms with Gasteiger partial charge in [0.15, 0.2) is 5.58 Å². The third-order valence-electron chi connectivity index (χ3n) is 3.08. The van der Waals surface area contributed by atoms with Gasteiger partial charge in [-0.15, -0.1) is 0 Å². The lowest BCUT2D eigenvalue weighted by Gasteiger charge is -2.23. The second-order valence-corrected chi connectivity index (χ2v) is 5.55. The van der Waals surface area contributed by atoms with Crippen LogP contribution in [-0.2, 0) is 6.42 Å². The quantitative estimate of drug-likeness (QED) is 0.863. The molecule has 0 saturated carbocycles. The highest BCUT2D eigenvalue weighted by atomic mass is 16.3. The lowest BCUT2D eigenvalue weighted by molar-refractivity contribution is 0.282. The molecule has 0 bridgehead atoms. The number of nitrogens with two attached hydrogens (primary N) is 1. The van der Waals surface area contributed by atoms with Crippen molar-refractivity contribution in [2.75, 3.05) is 0 Å². The summed E-state index contributed by atoms with van der Waals surface area (Å²) in [6, 6.07) is 5.93. The minimum absolute atomic E-state index is 0.0472. The number of hydrogen-bond donors (Lipinski definition) is 1. The van der Waals surface area contributed by atoms with E-state index in [0.29, 0.717) is 5.89 Å². The van der Waals surface area contributed by atoms with Crippen molar-refractivity contribution in [3.8, 4) is 0 Å². The zero-order chi connectivity index (χ0) is 12.6. The Balaban J connectivity index is 2.44. The number of rotatable bonds is 2. The molecular formula is C14H20N2O. The van der Waals surface area contributed by atoms with Crippen LogP contribution in [0.4, 0.5) is 0 Å². The van der Waals surface area contributed by atoms with E-state index >= 15 is 0 Å². The molecule has 1 unspecified atom stereocenters. The molecule has 0 fully saturated rings. The van der Waals surface area contributed by atoms with Crippen LogP contribution in [0.3, 0.4) is 0 Å². The molecule has 1 aromatic heterocycles. The number of fused-ring (bicyclic) bond motifs is 1. The topological polar surface area (TPSA) is 52.0 Å². The third kappa shape index (κ3) is 2.34. The zero-order valence-corrected chi connectivity index (χ0v) is 10.9. The van der Waals surface area contributed by atoms with Crippen molar-refractivity contribution in [3.05, 3.63) is 29.7 Å². The van der Waals surface area contributed by atoms with E-state index in [1.54, 1.807) is 0 Å². The Kier molecular flexibility index (Phi) is 2.96. The molecule has 0 aliphatic carbocycles. The summed E-state index contributed by atoms with van der Waals surface area (Å²) in [6.45, 7) is 8.39. The first-order valence-electron chi connectivity index (χ1n) is 6.06. The maximum Gasteiger partial charge on any atom is 0.212 e. The minimum atomic E-state index is -0.181. The van der Waals surface area contributed by atoms with Crippen LogP contribution in [0.5, 0.6) is 0 Å². The molecule has 0 aliphatic heterocycles. The molecule has 0 saturated heterocycles. The van der Waals surface area contributed by atoms with Crippen molar-refractivity contribution in [2.24, 2.45) is 11.1 Å². The summed E-state index contributed by atoms with van der Waals surface area (Å²) in [4.78, 5) is 4.50. The first-order valence-corrected chi connectivity index (χ1v) is 6.06. The second kappa shape index (κ2) is 4.15. The summed E-state index contributed by atoms with van der Waals surface area (Å²) in [5.41, 5.74) is 9.09. The summed E-state index contributed by atoms with van der Waals surface area (Å²) < 4.78 is 5.72. The second-order valence-electron chi connectivity index (χ2n) is 5.55. The highest BCUT2D eigenvalue weighted by Crippen LogP contribution is 2.31. The molecule has 2 N–H and O–H groups in total. The molecule has 0 spiro atoms. The van der Waals surface area contributed by atoms with Gasteiger partial charge >= 0.3 is 0 Å². The number of hydrogen-bond acceptors (Lipinski definition) is 3. The van der Waals surface area contributed by atoms with E-state index in [1.165, 1.54) is 5.56 Å². The van der Waals surface area contributed by atoms with Gasteiger partial charge in [0.2, 0.25) is 5.89 Å². The Bertz CT molecular complexity index is 522. The van der Waals surface area contributed by atoms with Gasteiger partial charge in [-0.25, -0.2) is 4.98 Å². The first kappa shape index (κ1) is 12.1. The fourth-order valence-electron chi connectivity index (χ4n) is 1.71. The molecule has 92 valence electrons. The largest absolute Gasteiger partial charge is 0.439 e. The fraction of sp³-hybridized carbons (Fsp3) is 0.500. The van der Waals surface area contributed by atoms with Gasteiger partial charge < -0.3 is 10.2 Å². The molecule has 1 aromatic carbocycles. The molecule has 2 rings (SSSR count). The lowest BCUT2D eigenvalue weighted by atomic mass is 9.87. The molecule has 3 nitrogen and oxygen atoms in total. The van der Waals surface area contributed by atoms with Gasteiger partial charge in [0.05, 0.1) is 6.04 Å². The van der Waals surface area contributed by atoms with E-state index in [1.807, 2.05) is 6.07 Å². The van der Waals surface area contributed by atoms with Gasteiger partial charge in [-0.2, -0.15) is 0 Å². The Morgan fingerprint density at radius 3 is 2.65 bits per heavy atom. The predicted molar refractivity (Wildman–Crippen MR) is 69.8 cm³/mol. The van der Waals surface area contributed by atoms with Gasteiger partial charge in [0, 0.05) is 0 Å². The molecule has 0 radical (unpaired) electrons. The predicted octanol–water partition coefficient (Wildman–Crippen LogP) is 3.44. The molecule has 1 atom stereocenters. The normalized spacial score (nSPS) is 14.2. The summed E-state index contributed by atoms with van der Waals surface area (Å²) in [6.07, 6.45) is 1.00. The summed E-state index contributed by atoms with van der Waals surface area (Å²) in [7, 11) is 0. The Morgan fingerprint density at radius 2 is 2.06 bits per heavy atom. The van der Waals surface area contributed by atoms with Gasteiger partial charge in [0.1, 0.15) is 5.52 Å². The van der Waals surface area contributed by atoms with E-state index in [9.17, 15) is 0 Å². The van der Waals surface area contributed by atoms with Gasteiger partial charge in [-0.1, -0.05) is 33.8 Å². The van der Waals surface area contributed by atoms with Gasteiger partial charge in [0.25, 0.3) is 0 Å². The van der Waals surface area contributed by atoms with E-state index < -0.39 is 0 Å². The van der Waals surface area contributed by atoms with Crippen molar-refractivity contribution in [2.45, 2.75) is 40.2 Å². The SMILES string of the molecule is CCc1ccc2oc(C(N)C(C)(C)C)nc2c1. The Labute approximate surface area is 102 Å². The molecule has 3 heteroatoms. The Hall–Kier alpha value is -1.35. The number of aryl methyl sites for hydroxylation is 1. The lowest BCUT2D eigenvalue weighted by Crippen LogP contribution is -2.26. The van der Waals surface area contributed by atoms with Crippen LogP contribution < -0.4 is 5.73 Å². The van der Waals surface area contributed by atoms with Crippen molar-refractivity contribution in [3.63, 3.8) is 0 Å². The average Bonchev–Trinajstić information content (AvgIpc) is 2.68. The molecule has 17 heavy (non-hydrogen) atoms. The van der Waals surface area contributed by atoms with E-state index in [2.05, 4.69) is 44.8 Å². The van der Waals surface area contributed by atoms with Crippen LogP contribution in [0, 0.1) is 5.41 Å². The third-order valence-corrected chi connectivity index (χ3v) is 3.08. The van der Waals surface area contributed by atoms with Gasteiger partial charge in [-0.05, 0) is 29.5 Å². The van der Waals surface area contributed by atoms with E-state index in [-0.39, 0.29) is 11.5 Å². The number of nitrogens with zero attached hydrogens (tertiary/aromatic N) is 1. The number of aromatic nitrogens is 1. The van der Waals surface area contributed by atoms with Crippen LogP contribution in [-0.4, -0.2) is 4.98 Å². The minimum Gasteiger partial charge on any atom is -0.439 e. The monoisotopic (exact) mass is 232 g/mol. The smallest absolute Gasteiger partial charge is 0.212 e. The molecule has 1 heterocycles. The number of oxazole rings is 1. The maximum absolute atomic E-state index is 6.15. The highest BCUT2D eigenvalue weighted by Gasteiger charge is 2.26. The fourth-order valence-corrected chi connectivity index (χ4v) is 1.71. The van der Waals surface area contributed by atoms with Crippen molar-refractivity contribution in [1.82, 2.24) is 4.98 Å². The zero-order valence-electron chi connectivity index (χ0n) is 10.9. The van der Waals surface area contributed by atoms with Crippen molar-refractivity contribution >= 4 is 11.1 Å². The summed E-state index contributed by atoms with van der Waals surface area (Å²) in [5, 5.41) is 0. The van der Waals surface area contributed by atoms with Crippen LogP contribution in [0.2, 0.25) is 0 Å². The summed E-state index contributed by atoms with van der Waals surface area (Å²) in [5.74, 6) is 0.626. The molecule has 2 aromatic rings. The van der Waals surface area contributed by atoms with Crippen LogP contribution in [0.1, 0.15) is 45.2 Å². The van der Waals surface area contributed by atoms with Crippen LogP contribution >= 0.6 is 0 Å². The van der Waals surface area contributed by atoms with E-state index in [4.69, 9.17) is 10.2 Å². The highest BCUT2D eigenvalue weighted by molar-refractivity contribution is 5.73. The van der Waals surface area contributed by atoms with Crippen molar-refractivity contribution < 1.29 is 4.42 Å². The van der Waals surface area contributed by atoms with E-state index in [0.717, 1.165) is 17.5 Å². The molecular weight excluding hydrogens is 212 g/mol. The number of benzene rings is 1. The van der Waals surface area contributed by atoms with Crippen molar-refractivity contribution in [1.29, 1.82) is 0 Å².